The Morgan fingerprint density at radius 1 is 1.50 bits per heavy atom. The lowest BCUT2D eigenvalue weighted by Gasteiger charge is -2.26. The van der Waals surface area contributed by atoms with Crippen molar-refractivity contribution in [1.82, 2.24) is 0 Å². The smallest absolute Gasteiger partial charge is 0.150 e. The van der Waals surface area contributed by atoms with E-state index in [4.69, 9.17) is 11.6 Å². The number of benzene rings is 1. The summed E-state index contributed by atoms with van der Waals surface area (Å²) in [5, 5.41) is 0.719. The molecular formula is C12H13ClI2O. The summed E-state index contributed by atoms with van der Waals surface area (Å²) in [5.41, 5.74) is 1.97. The van der Waals surface area contributed by atoms with Crippen LogP contribution in [0.5, 0.6) is 0 Å². The maximum atomic E-state index is 11.9. The number of rotatable bonds is 4. The van der Waals surface area contributed by atoms with E-state index in [1.165, 1.54) is 0 Å². The Labute approximate surface area is 129 Å². The molecule has 1 aromatic carbocycles. The van der Waals surface area contributed by atoms with E-state index in [-0.39, 0.29) is 5.78 Å². The van der Waals surface area contributed by atoms with Gasteiger partial charge in [-0.05, 0) is 31.4 Å². The molecule has 0 N–H and O–H groups in total. The van der Waals surface area contributed by atoms with Gasteiger partial charge in [-0.15, -0.1) is 0 Å². The Bertz CT molecular complexity index is 406. The second kappa shape index (κ2) is 6.00. The molecule has 1 aromatic rings. The number of ketones is 1. The van der Waals surface area contributed by atoms with Gasteiger partial charge in [-0.3, -0.25) is 4.79 Å². The third-order valence-corrected chi connectivity index (χ3v) is 5.54. The molecular weight excluding hydrogens is 449 g/mol. The predicted molar refractivity (Wildman–Crippen MR) is 86.1 cm³/mol. The van der Waals surface area contributed by atoms with Crippen molar-refractivity contribution < 1.29 is 4.79 Å². The quantitative estimate of drug-likeness (QED) is 0.469. The highest BCUT2D eigenvalue weighted by molar-refractivity contribution is 14.1. The summed E-state index contributed by atoms with van der Waals surface area (Å²) in [6.45, 7) is 3.60. The van der Waals surface area contributed by atoms with Crippen molar-refractivity contribution >= 4 is 62.6 Å². The zero-order chi connectivity index (χ0) is 12.3. The minimum atomic E-state index is -0.484. The van der Waals surface area contributed by atoms with Gasteiger partial charge in [0.2, 0.25) is 0 Å². The molecule has 0 aliphatic carbocycles. The Morgan fingerprint density at radius 2 is 2.12 bits per heavy atom. The number of halogens is 3. The lowest BCUT2D eigenvalue weighted by atomic mass is 9.91. The Balaban J connectivity index is 3.32. The Kier molecular flexibility index (Phi) is 5.51. The third kappa shape index (κ3) is 2.90. The SMILES string of the molecule is CC(=O)C(I)(CCI)c1cccc(C)c1Cl. The highest BCUT2D eigenvalue weighted by Gasteiger charge is 2.35. The summed E-state index contributed by atoms with van der Waals surface area (Å²) in [6, 6.07) is 5.88. The van der Waals surface area contributed by atoms with Gasteiger partial charge in [0.25, 0.3) is 0 Å². The van der Waals surface area contributed by atoms with Crippen LogP contribution in [0, 0.1) is 6.92 Å². The molecule has 0 saturated carbocycles. The predicted octanol–water partition coefficient (Wildman–Crippen LogP) is 4.69. The van der Waals surface area contributed by atoms with Gasteiger partial charge in [0.1, 0.15) is 9.20 Å². The van der Waals surface area contributed by atoms with Crippen LogP contribution in [0.4, 0.5) is 0 Å². The number of aryl methyl sites for hydroxylation is 1. The van der Waals surface area contributed by atoms with Crippen molar-refractivity contribution in [1.29, 1.82) is 0 Å². The van der Waals surface area contributed by atoms with E-state index >= 15 is 0 Å². The molecule has 0 aliphatic rings. The molecule has 1 unspecified atom stereocenters. The van der Waals surface area contributed by atoms with Gasteiger partial charge in [-0.25, -0.2) is 0 Å². The summed E-state index contributed by atoms with van der Waals surface area (Å²) in [4.78, 5) is 11.9. The van der Waals surface area contributed by atoms with Crippen LogP contribution in [0.15, 0.2) is 18.2 Å². The molecule has 0 saturated heterocycles. The average Bonchev–Trinajstić information content (AvgIpc) is 2.22. The number of alkyl halides is 2. The molecule has 1 atom stereocenters. The number of carbonyl (C=O) groups excluding carboxylic acids is 1. The average molecular weight is 462 g/mol. The molecule has 1 nitrogen and oxygen atoms in total. The van der Waals surface area contributed by atoms with E-state index in [2.05, 4.69) is 45.2 Å². The van der Waals surface area contributed by atoms with Gasteiger partial charge in [-0.2, -0.15) is 0 Å². The second-order valence-electron chi connectivity index (χ2n) is 3.73. The highest BCUT2D eigenvalue weighted by atomic mass is 127. The van der Waals surface area contributed by atoms with Gasteiger partial charge in [-0.1, -0.05) is 75.0 Å². The van der Waals surface area contributed by atoms with Crippen molar-refractivity contribution in [3.05, 3.63) is 34.3 Å². The largest absolute Gasteiger partial charge is 0.298 e. The van der Waals surface area contributed by atoms with Crippen molar-refractivity contribution in [2.75, 3.05) is 4.43 Å². The zero-order valence-corrected chi connectivity index (χ0v) is 14.3. The topological polar surface area (TPSA) is 17.1 Å². The van der Waals surface area contributed by atoms with Crippen molar-refractivity contribution in [3.63, 3.8) is 0 Å². The first-order valence-corrected chi connectivity index (χ1v) is 7.93. The Hall–Kier alpha value is 0.640. The van der Waals surface area contributed by atoms with Crippen LogP contribution in [0.3, 0.4) is 0 Å². The maximum Gasteiger partial charge on any atom is 0.150 e. The molecule has 0 radical (unpaired) electrons. The molecule has 16 heavy (non-hydrogen) atoms. The van der Waals surface area contributed by atoms with E-state index in [1.807, 2.05) is 25.1 Å². The third-order valence-electron chi connectivity index (χ3n) is 2.62. The van der Waals surface area contributed by atoms with Crippen LogP contribution >= 0.6 is 56.8 Å². The highest BCUT2D eigenvalue weighted by Crippen LogP contribution is 2.41. The minimum absolute atomic E-state index is 0.164. The zero-order valence-electron chi connectivity index (χ0n) is 9.19. The maximum absolute atomic E-state index is 11.9. The molecule has 0 aromatic heterocycles. The van der Waals surface area contributed by atoms with E-state index < -0.39 is 3.42 Å². The lowest BCUT2D eigenvalue weighted by Crippen LogP contribution is -2.28. The number of hydrogen-bond acceptors (Lipinski definition) is 1. The van der Waals surface area contributed by atoms with Crippen LogP contribution in [-0.2, 0) is 8.22 Å². The van der Waals surface area contributed by atoms with E-state index in [9.17, 15) is 4.79 Å². The molecule has 4 heteroatoms. The van der Waals surface area contributed by atoms with Crippen molar-refractivity contribution in [2.45, 2.75) is 23.7 Å². The fourth-order valence-corrected chi connectivity index (χ4v) is 4.59. The van der Waals surface area contributed by atoms with E-state index in [1.54, 1.807) is 6.92 Å². The lowest BCUT2D eigenvalue weighted by molar-refractivity contribution is -0.119. The number of carbonyl (C=O) groups is 1. The molecule has 0 aliphatic heterocycles. The van der Waals surface area contributed by atoms with E-state index in [0.29, 0.717) is 0 Å². The first-order chi connectivity index (χ1) is 7.43. The van der Waals surface area contributed by atoms with Gasteiger partial charge in [0.05, 0.1) is 0 Å². The van der Waals surface area contributed by atoms with Gasteiger partial charge in [0, 0.05) is 9.45 Å². The van der Waals surface area contributed by atoms with Crippen molar-refractivity contribution in [2.24, 2.45) is 0 Å². The molecule has 0 heterocycles. The summed E-state index contributed by atoms with van der Waals surface area (Å²) in [5.74, 6) is 0.164. The van der Waals surface area contributed by atoms with Gasteiger partial charge >= 0.3 is 0 Å². The van der Waals surface area contributed by atoms with Crippen LogP contribution in [0.2, 0.25) is 5.02 Å². The van der Waals surface area contributed by atoms with Crippen molar-refractivity contribution in [3.8, 4) is 0 Å². The molecule has 1 rings (SSSR count). The van der Waals surface area contributed by atoms with Crippen LogP contribution < -0.4 is 0 Å². The monoisotopic (exact) mass is 462 g/mol. The summed E-state index contributed by atoms with van der Waals surface area (Å²) < 4.78 is 0.451. The molecule has 0 amide bonds. The fraction of sp³-hybridized carbons (Fsp3) is 0.417. The van der Waals surface area contributed by atoms with Gasteiger partial charge in [0.15, 0.2) is 0 Å². The fourth-order valence-electron chi connectivity index (χ4n) is 1.58. The second-order valence-corrected chi connectivity index (χ2v) is 7.03. The first-order valence-electron chi connectivity index (χ1n) is 4.95. The summed E-state index contributed by atoms with van der Waals surface area (Å²) in [6.07, 6.45) is 0.812. The molecule has 0 fully saturated rings. The first kappa shape index (κ1) is 14.7. The number of Topliss-reactive ketones (excluding diaryl/α,β-unsaturated/α-hetero) is 1. The standard InChI is InChI=1S/C12H13ClI2O/c1-8-4-3-5-10(11(8)13)12(15,6-7-14)9(2)16/h3-5H,6-7H2,1-2H3. The minimum Gasteiger partial charge on any atom is -0.298 e. The van der Waals surface area contributed by atoms with E-state index in [0.717, 1.165) is 27.0 Å². The number of hydrogen-bond donors (Lipinski definition) is 0. The van der Waals surface area contributed by atoms with Gasteiger partial charge < -0.3 is 0 Å². The normalized spacial score (nSPS) is 14.6. The molecule has 88 valence electrons. The van der Waals surface area contributed by atoms with Crippen LogP contribution in [-0.4, -0.2) is 10.2 Å². The molecule has 0 bridgehead atoms. The van der Waals surface area contributed by atoms with Crippen LogP contribution in [0.1, 0.15) is 24.5 Å². The molecule has 0 spiro atoms. The summed E-state index contributed by atoms with van der Waals surface area (Å²) >= 11 is 10.8. The summed E-state index contributed by atoms with van der Waals surface area (Å²) in [7, 11) is 0. The Morgan fingerprint density at radius 3 is 2.62 bits per heavy atom. The van der Waals surface area contributed by atoms with Crippen LogP contribution in [0.25, 0.3) is 0 Å².